The van der Waals surface area contributed by atoms with Crippen LogP contribution in [0.2, 0.25) is 0 Å². The Labute approximate surface area is 123 Å². The molecule has 116 valence electrons. The monoisotopic (exact) mass is 311 g/mol. The van der Waals surface area contributed by atoms with E-state index in [9.17, 15) is 22.8 Å². The van der Waals surface area contributed by atoms with Gasteiger partial charge in [0.25, 0.3) is 5.56 Å². The van der Waals surface area contributed by atoms with E-state index in [0.717, 1.165) is 6.07 Å². The van der Waals surface area contributed by atoms with Crippen molar-refractivity contribution >= 4 is 11.6 Å². The molecule has 22 heavy (non-hydrogen) atoms. The minimum atomic E-state index is -4.64. The summed E-state index contributed by atoms with van der Waals surface area (Å²) in [5.41, 5.74) is -1.30. The van der Waals surface area contributed by atoms with Gasteiger partial charge in [-0.25, -0.2) is 4.68 Å². The van der Waals surface area contributed by atoms with E-state index < -0.39 is 23.3 Å². The van der Waals surface area contributed by atoms with Crippen LogP contribution in [0.5, 0.6) is 0 Å². The molecule has 0 aliphatic heterocycles. The number of hydrogen-bond donors (Lipinski definition) is 1. The van der Waals surface area contributed by atoms with E-state index in [0.29, 0.717) is 16.4 Å². The zero-order chi connectivity index (χ0) is 16.2. The number of alkyl halides is 3. The van der Waals surface area contributed by atoms with Crippen molar-refractivity contribution in [2.24, 2.45) is 0 Å². The number of carbonyl (C=O) groups is 1. The van der Waals surface area contributed by atoms with Crippen molar-refractivity contribution in [1.82, 2.24) is 9.78 Å². The fraction of sp³-hybridized carbons (Fsp3) is 0.214. The molecule has 0 bridgehead atoms. The summed E-state index contributed by atoms with van der Waals surface area (Å²) in [5, 5.41) is 5.79. The molecule has 0 fully saturated rings. The maximum atomic E-state index is 12.5. The second-order valence-corrected chi connectivity index (χ2v) is 4.44. The highest BCUT2D eigenvalue weighted by Gasteiger charge is 2.33. The summed E-state index contributed by atoms with van der Waals surface area (Å²) in [6, 6.07) is 9.98. The molecule has 0 saturated heterocycles. The number of para-hydroxylation sites is 1. The van der Waals surface area contributed by atoms with E-state index in [1.165, 1.54) is 0 Å². The number of anilines is 1. The lowest BCUT2D eigenvalue weighted by Crippen LogP contribution is -2.27. The largest absolute Gasteiger partial charge is 0.435 e. The molecule has 1 aromatic heterocycles. The van der Waals surface area contributed by atoms with Crippen LogP contribution in [0.3, 0.4) is 0 Å². The third-order valence-electron chi connectivity index (χ3n) is 2.77. The maximum Gasteiger partial charge on any atom is 0.435 e. The van der Waals surface area contributed by atoms with E-state index in [1.807, 2.05) is 0 Å². The van der Waals surface area contributed by atoms with Crippen LogP contribution < -0.4 is 10.9 Å². The molecule has 8 heteroatoms. The third kappa shape index (κ3) is 4.18. The van der Waals surface area contributed by atoms with E-state index in [2.05, 4.69) is 10.4 Å². The first kappa shape index (κ1) is 15.7. The molecule has 2 aromatic rings. The van der Waals surface area contributed by atoms with Crippen LogP contribution in [0.15, 0.2) is 47.3 Å². The van der Waals surface area contributed by atoms with Gasteiger partial charge in [-0.3, -0.25) is 9.59 Å². The third-order valence-corrected chi connectivity index (χ3v) is 2.77. The number of nitrogens with zero attached hydrogens (tertiary/aromatic N) is 2. The number of aromatic nitrogens is 2. The summed E-state index contributed by atoms with van der Waals surface area (Å²) in [7, 11) is 0. The SMILES string of the molecule is O=C(CCn1nc(C(F)(F)F)ccc1=O)Nc1ccccc1. The Morgan fingerprint density at radius 2 is 1.82 bits per heavy atom. The summed E-state index contributed by atoms with van der Waals surface area (Å²) in [4.78, 5) is 23.2. The Morgan fingerprint density at radius 1 is 1.14 bits per heavy atom. The Hall–Kier alpha value is -2.64. The van der Waals surface area contributed by atoms with Gasteiger partial charge in [-0.05, 0) is 18.2 Å². The number of benzene rings is 1. The first-order chi connectivity index (χ1) is 10.4. The molecule has 0 unspecified atom stereocenters. The molecule has 0 spiro atoms. The fourth-order valence-electron chi connectivity index (χ4n) is 1.71. The van der Waals surface area contributed by atoms with Gasteiger partial charge in [0.15, 0.2) is 5.69 Å². The smallest absolute Gasteiger partial charge is 0.326 e. The fourth-order valence-corrected chi connectivity index (χ4v) is 1.71. The highest BCUT2D eigenvalue weighted by atomic mass is 19.4. The topological polar surface area (TPSA) is 64.0 Å². The van der Waals surface area contributed by atoms with Crippen LogP contribution in [0.4, 0.5) is 18.9 Å². The van der Waals surface area contributed by atoms with Gasteiger partial charge in [-0.15, -0.1) is 0 Å². The molecule has 0 saturated carbocycles. The van der Waals surface area contributed by atoms with Gasteiger partial charge >= 0.3 is 6.18 Å². The van der Waals surface area contributed by atoms with Crippen LogP contribution in [-0.2, 0) is 17.5 Å². The summed E-state index contributed by atoms with van der Waals surface area (Å²) in [5.74, 6) is -0.419. The molecule has 5 nitrogen and oxygen atoms in total. The number of hydrogen-bond acceptors (Lipinski definition) is 3. The number of aryl methyl sites for hydroxylation is 1. The van der Waals surface area contributed by atoms with Gasteiger partial charge in [-0.1, -0.05) is 18.2 Å². The van der Waals surface area contributed by atoms with Gasteiger partial charge in [0.2, 0.25) is 5.91 Å². The van der Waals surface area contributed by atoms with Crippen LogP contribution >= 0.6 is 0 Å². The Kier molecular flexibility index (Phi) is 4.59. The van der Waals surface area contributed by atoms with Gasteiger partial charge < -0.3 is 5.32 Å². The quantitative estimate of drug-likeness (QED) is 0.942. The van der Waals surface area contributed by atoms with Gasteiger partial charge in [-0.2, -0.15) is 18.3 Å². The molecule has 0 aliphatic carbocycles. The number of rotatable bonds is 4. The molecule has 2 rings (SSSR count). The normalized spacial score (nSPS) is 11.2. The van der Waals surface area contributed by atoms with Crippen molar-refractivity contribution in [2.45, 2.75) is 19.1 Å². The van der Waals surface area contributed by atoms with Crippen LogP contribution in [0.1, 0.15) is 12.1 Å². The minimum absolute atomic E-state index is 0.164. The summed E-state index contributed by atoms with van der Waals surface area (Å²) >= 11 is 0. The number of amides is 1. The molecule has 0 aliphatic rings. The number of nitrogens with one attached hydrogen (secondary N) is 1. The van der Waals surface area contributed by atoms with E-state index >= 15 is 0 Å². The molecule has 0 atom stereocenters. The van der Waals surface area contributed by atoms with Crippen molar-refractivity contribution < 1.29 is 18.0 Å². The van der Waals surface area contributed by atoms with Gasteiger partial charge in [0, 0.05) is 18.2 Å². The molecule has 1 amide bonds. The van der Waals surface area contributed by atoms with E-state index in [-0.39, 0.29) is 13.0 Å². The van der Waals surface area contributed by atoms with Crippen LogP contribution in [-0.4, -0.2) is 15.7 Å². The van der Waals surface area contributed by atoms with Crippen molar-refractivity contribution in [2.75, 3.05) is 5.32 Å². The predicted molar refractivity (Wildman–Crippen MR) is 73.2 cm³/mol. The Bertz CT molecular complexity index is 711. The minimum Gasteiger partial charge on any atom is -0.326 e. The van der Waals surface area contributed by atoms with Crippen LogP contribution in [0.25, 0.3) is 0 Å². The average molecular weight is 311 g/mol. The van der Waals surface area contributed by atoms with E-state index in [1.54, 1.807) is 30.3 Å². The Morgan fingerprint density at radius 3 is 2.45 bits per heavy atom. The molecule has 1 aromatic carbocycles. The van der Waals surface area contributed by atoms with Crippen molar-refractivity contribution in [3.05, 3.63) is 58.5 Å². The Balaban J connectivity index is 2.02. The van der Waals surface area contributed by atoms with Gasteiger partial charge in [0.1, 0.15) is 0 Å². The van der Waals surface area contributed by atoms with Crippen LogP contribution in [0, 0.1) is 0 Å². The zero-order valence-corrected chi connectivity index (χ0v) is 11.3. The van der Waals surface area contributed by atoms with Crippen molar-refractivity contribution in [3.8, 4) is 0 Å². The summed E-state index contributed by atoms with van der Waals surface area (Å²) < 4.78 is 38.2. The number of halogens is 3. The highest BCUT2D eigenvalue weighted by molar-refractivity contribution is 5.90. The lowest BCUT2D eigenvalue weighted by Gasteiger charge is -2.09. The second-order valence-electron chi connectivity index (χ2n) is 4.44. The first-order valence-corrected chi connectivity index (χ1v) is 6.36. The maximum absolute atomic E-state index is 12.5. The van der Waals surface area contributed by atoms with Crippen molar-refractivity contribution in [3.63, 3.8) is 0 Å². The lowest BCUT2D eigenvalue weighted by molar-refractivity contribution is -0.142. The zero-order valence-electron chi connectivity index (χ0n) is 11.3. The molecule has 1 heterocycles. The predicted octanol–water partition coefficient (Wildman–Crippen LogP) is 2.29. The highest BCUT2D eigenvalue weighted by Crippen LogP contribution is 2.26. The average Bonchev–Trinajstić information content (AvgIpc) is 2.46. The molecular weight excluding hydrogens is 299 g/mol. The first-order valence-electron chi connectivity index (χ1n) is 6.36. The van der Waals surface area contributed by atoms with Crippen molar-refractivity contribution in [1.29, 1.82) is 0 Å². The molecule has 0 radical (unpaired) electrons. The standard InChI is InChI=1S/C14H12F3N3O2/c15-14(16,17)11-6-7-13(22)20(19-11)9-8-12(21)18-10-4-2-1-3-5-10/h1-7H,8-9H2,(H,18,21). The second kappa shape index (κ2) is 6.42. The van der Waals surface area contributed by atoms with E-state index in [4.69, 9.17) is 0 Å². The molecular formula is C14H12F3N3O2. The number of carbonyl (C=O) groups excluding carboxylic acids is 1. The summed E-state index contributed by atoms with van der Waals surface area (Å²) in [6.45, 7) is -0.235. The lowest BCUT2D eigenvalue weighted by atomic mass is 10.3. The molecule has 1 N–H and O–H groups in total. The summed E-state index contributed by atoms with van der Waals surface area (Å²) in [6.07, 6.45) is -4.80. The van der Waals surface area contributed by atoms with Gasteiger partial charge in [0.05, 0.1) is 6.54 Å².